The molecule has 100 valence electrons. The Bertz CT molecular complexity index is 378. The van der Waals surface area contributed by atoms with Gasteiger partial charge in [-0.3, -0.25) is 4.79 Å². The molecule has 0 N–H and O–H groups in total. The van der Waals surface area contributed by atoms with Gasteiger partial charge in [0.05, 0.1) is 0 Å². The number of carbonyl (C=O) groups excluding carboxylic acids is 1. The Morgan fingerprint density at radius 3 is 2.61 bits per heavy atom. The molecule has 1 heteroatoms. The van der Waals surface area contributed by atoms with Gasteiger partial charge < -0.3 is 0 Å². The average Bonchev–Trinajstić information content (AvgIpc) is 2.19. The van der Waals surface area contributed by atoms with E-state index in [2.05, 4.69) is 45.6 Å². The van der Waals surface area contributed by atoms with Crippen molar-refractivity contribution in [2.45, 2.75) is 66.2 Å². The largest absolute Gasteiger partial charge is 0.300 e. The van der Waals surface area contributed by atoms with Crippen LogP contribution in [0, 0.1) is 22.7 Å². The van der Waals surface area contributed by atoms with Crippen LogP contribution in [0.15, 0.2) is 12.2 Å². The summed E-state index contributed by atoms with van der Waals surface area (Å²) in [5, 5.41) is 0. The number of Topliss-reactive ketones (excluding diaryl/α,β-unsaturated/α-hetero) is 1. The van der Waals surface area contributed by atoms with Crippen molar-refractivity contribution in [3.8, 4) is 11.8 Å². The summed E-state index contributed by atoms with van der Waals surface area (Å²) in [6, 6.07) is 0. The molecule has 1 rings (SSSR count). The van der Waals surface area contributed by atoms with E-state index in [0.29, 0.717) is 12.2 Å². The van der Waals surface area contributed by atoms with Crippen molar-refractivity contribution in [1.29, 1.82) is 0 Å². The van der Waals surface area contributed by atoms with Crippen LogP contribution in [0.25, 0.3) is 0 Å². The molecule has 0 aromatic carbocycles. The van der Waals surface area contributed by atoms with Crippen LogP contribution in [0.3, 0.4) is 0 Å². The van der Waals surface area contributed by atoms with E-state index in [-0.39, 0.29) is 10.8 Å². The zero-order valence-electron chi connectivity index (χ0n) is 12.3. The molecule has 0 aromatic heterocycles. The molecule has 0 spiro atoms. The van der Waals surface area contributed by atoms with Gasteiger partial charge in [0.25, 0.3) is 0 Å². The highest BCUT2D eigenvalue weighted by Gasteiger charge is 2.38. The summed E-state index contributed by atoms with van der Waals surface area (Å²) in [4.78, 5) is 11.8. The Morgan fingerprint density at radius 2 is 2.00 bits per heavy atom. The minimum Gasteiger partial charge on any atom is -0.300 e. The van der Waals surface area contributed by atoms with E-state index in [0.717, 1.165) is 19.3 Å². The molecule has 0 radical (unpaired) electrons. The third-order valence-corrected chi connectivity index (χ3v) is 3.49. The fourth-order valence-corrected chi connectivity index (χ4v) is 3.02. The zero-order valence-corrected chi connectivity index (χ0v) is 12.3. The van der Waals surface area contributed by atoms with E-state index in [1.807, 2.05) is 6.08 Å². The number of hydrogen-bond acceptors (Lipinski definition) is 1. The highest BCUT2D eigenvalue weighted by molar-refractivity contribution is 5.81. The summed E-state index contributed by atoms with van der Waals surface area (Å²) >= 11 is 0. The number of allylic oxidation sites excluding steroid dienone is 2. The van der Waals surface area contributed by atoms with Gasteiger partial charge >= 0.3 is 0 Å². The van der Waals surface area contributed by atoms with Crippen molar-refractivity contribution in [3.63, 3.8) is 0 Å². The first kappa shape index (κ1) is 15.0. The minimum absolute atomic E-state index is 0.00172. The molecular formula is C17H26O. The standard InChI is InChI=1S/C17H26O/c1-5-6-7-8-9-10-11-17(4)13-15(18)12-16(2,3)14-17/h10-11H,5-7,12-14H2,1-4H3/b11-10-. The molecule has 1 aliphatic carbocycles. The molecule has 0 aromatic rings. The molecule has 1 aliphatic rings. The van der Waals surface area contributed by atoms with Gasteiger partial charge in [-0.05, 0) is 29.7 Å². The Morgan fingerprint density at radius 1 is 1.28 bits per heavy atom. The number of hydrogen-bond donors (Lipinski definition) is 0. The minimum atomic E-state index is -0.00172. The Hall–Kier alpha value is -1.03. The lowest BCUT2D eigenvalue weighted by atomic mass is 9.64. The van der Waals surface area contributed by atoms with Crippen LogP contribution in [0.2, 0.25) is 0 Å². The molecule has 0 saturated heterocycles. The second-order valence-corrected chi connectivity index (χ2v) is 6.65. The van der Waals surface area contributed by atoms with Crippen LogP contribution in [0.5, 0.6) is 0 Å². The second kappa shape index (κ2) is 6.23. The van der Waals surface area contributed by atoms with Gasteiger partial charge in [-0.2, -0.15) is 0 Å². The summed E-state index contributed by atoms with van der Waals surface area (Å²) in [5.41, 5.74) is 0.127. The van der Waals surface area contributed by atoms with E-state index >= 15 is 0 Å². The maximum atomic E-state index is 11.8. The van der Waals surface area contributed by atoms with E-state index in [1.54, 1.807) is 0 Å². The molecule has 0 heterocycles. The molecular weight excluding hydrogens is 220 g/mol. The maximum Gasteiger partial charge on any atom is 0.134 e. The molecule has 0 aliphatic heterocycles. The Kier molecular flexibility index (Phi) is 5.20. The van der Waals surface area contributed by atoms with Crippen LogP contribution in [-0.4, -0.2) is 5.78 Å². The third kappa shape index (κ3) is 5.08. The molecule has 1 fully saturated rings. The van der Waals surface area contributed by atoms with E-state index < -0.39 is 0 Å². The van der Waals surface area contributed by atoms with Gasteiger partial charge in [0.1, 0.15) is 5.78 Å². The van der Waals surface area contributed by atoms with Crippen LogP contribution in [0.4, 0.5) is 0 Å². The van der Waals surface area contributed by atoms with Crippen molar-refractivity contribution < 1.29 is 4.79 Å². The van der Waals surface area contributed by atoms with Crippen molar-refractivity contribution in [3.05, 3.63) is 12.2 Å². The quantitative estimate of drug-likeness (QED) is 0.528. The number of carbonyl (C=O) groups is 1. The van der Waals surface area contributed by atoms with Crippen molar-refractivity contribution >= 4 is 5.78 Å². The van der Waals surface area contributed by atoms with E-state index in [1.165, 1.54) is 12.8 Å². The predicted molar refractivity (Wildman–Crippen MR) is 77.2 cm³/mol. The highest BCUT2D eigenvalue weighted by atomic mass is 16.1. The molecule has 0 amide bonds. The molecule has 1 unspecified atom stereocenters. The second-order valence-electron chi connectivity index (χ2n) is 6.65. The first-order valence-corrected chi connectivity index (χ1v) is 7.05. The molecule has 18 heavy (non-hydrogen) atoms. The van der Waals surface area contributed by atoms with Crippen LogP contribution >= 0.6 is 0 Å². The van der Waals surface area contributed by atoms with Crippen LogP contribution in [0.1, 0.15) is 66.2 Å². The monoisotopic (exact) mass is 246 g/mol. The first-order valence-electron chi connectivity index (χ1n) is 7.05. The summed E-state index contributed by atoms with van der Waals surface area (Å²) < 4.78 is 0. The summed E-state index contributed by atoms with van der Waals surface area (Å²) in [5.74, 6) is 6.63. The zero-order chi connectivity index (χ0) is 13.6. The fraction of sp³-hybridized carbons (Fsp3) is 0.706. The number of rotatable bonds is 3. The maximum absolute atomic E-state index is 11.8. The first-order chi connectivity index (χ1) is 8.37. The lowest BCUT2D eigenvalue weighted by Gasteiger charge is -2.40. The summed E-state index contributed by atoms with van der Waals surface area (Å²) in [6.07, 6.45) is 9.89. The summed E-state index contributed by atoms with van der Waals surface area (Å²) in [6.45, 7) is 8.72. The van der Waals surface area contributed by atoms with Gasteiger partial charge in [-0.15, -0.1) is 0 Å². The molecule has 1 nitrogen and oxygen atoms in total. The highest BCUT2D eigenvalue weighted by Crippen LogP contribution is 2.45. The molecule has 1 saturated carbocycles. The van der Waals surface area contributed by atoms with Crippen molar-refractivity contribution in [2.24, 2.45) is 10.8 Å². The van der Waals surface area contributed by atoms with Crippen molar-refractivity contribution in [2.75, 3.05) is 0 Å². The molecule has 0 bridgehead atoms. The fourth-order valence-electron chi connectivity index (χ4n) is 3.02. The molecule has 1 atom stereocenters. The Labute approximate surface area is 112 Å². The topological polar surface area (TPSA) is 17.1 Å². The van der Waals surface area contributed by atoms with Gasteiger partial charge in [0.15, 0.2) is 0 Å². The van der Waals surface area contributed by atoms with Crippen molar-refractivity contribution in [1.82, 2.24) is 0 Å². The predicted octanol–water partition coefficient (Wildman–Crippen LogP) is 4.52. The average molecular weight is 246 g/mol. The normalized spacial score (nSPS) is 27.0. The third-order valence-electron chi connectivity index (χ3n) is 3.49. The SMILES string of the molecule is CCCCC#C/C=C\C1(C)CC(=O)CC(C)(C)C1. The lowest BCUT2D eigenvalue weighted by molar-refractivity contribution is -0.126. The Balaban J connectivity index is 2.60. The van der Waals surface area contributed by atoms with Gasteiger partial charge in [0.2, 0.25) is 0 Å². The van der Waals surface area contributed by atoms with E-state index in [9.17, 15) is 4.79 Å². The van der Waals surface area contributed by atoms with Gasteiger partial charge in [-0.25, -0.2) is 0 Å². The summed E-state index contributed by atoms with van der Waals surface area (Å²) in [7, 11) is 0. The van der Waals surface area contributed by atoms with Crippen LogP contribution in [-0.2, 0) is 4.79 Å². The van der Waals surface area contributed by atoms with E-state index in [4.69, 9.17) is 0 Å². The van der Waals surface area contributed by atoms with Gasteiger partial charge in [0, 0.05) is 19.3 Å². The number of ketones is 1. The van der Waals surface area contributed by atoms with Crippen LogP contribution < -0.4 is 0 Å². The smallest absolute Gasteiger partial charge is 0.134 e. The number of unbranched alkanes of at least 4 members (excludes halogenated alkanes) is 2. The van der Waals surface area contributed by atoms with Gasteiger partial charge in [-0.1, -0.05) is 52.0 Å². The lowest BCUT2D eigenvalue weighted by Crippen LogP contribution is -2.34.